The number of fused-ring (bicyclic) bond motifs is 1. The van der Waals surface area contributed by atoms with Crippen LogP contribution in [0.2, 0.25) is 0 Å². The van der Waals surface area contributed by atoms with Crippen LogP contribution in [0.25, 0.3) is 0 Å². The number of hydrogen-bond acceptors (Lipinski definition) is 4. The number of aryl methyl sites for hydroxylation is 1. The number of hydrogen-bond donors (Lipinski definition) is 3. The lowest BCUT2D eigenvalue weighted by Gasteiger charge is -2.21. The quantitative estimate of drug-likeness (QED) is 0.632. The first kappa shape index (κ1) is 15.8. The molecule has 0 unspecified atom stereocenters. The molecule has 3 N–H and O–H groups in total. The van der Waals surface area contributed by atoms with Gasteiger partial charge in [-0.1, -0.05) is 18.2 Å². The Labute approximate surface area is 126 Å². The molecule has 2 rings (SSSR count). The van der Waals surface area contributed by atoms with E-state index in [9.17, 15) is 4.79 Å². The maximum absolute atomic E-state index is 11.5. The lowest BCUT2D eigenvalue weighted by Crippen LogP contribution is -2.30. The maximum Gasteiger partial charge on any atom is 0.221 e. The maximum atomic E-state index is 11.5. The van der Waals surface area contributed by atoms with Crippen LogP contribution in [0.15, 0.2) is 18.2 Å². The predicted molar refractivity (Wildman–Crippen MR) is 84.5 cm³/mol. The molecule has 1 aliphatic rings. The number of carbonyl (C=O) groups is 1. The summed E-state index contributed by atoms with van der Waals surface area (Å²) in [6, 6.07) is 6.44. The average Bonchev–Trinajstić information content (AvgIpc) is 2.52. The highest BCUT2D eigenvalue weighted by Gasteiger charge is 2.11. The summed E-state index contributed by atoms with van der Waals surface area (Å²) in [5, 5.41) is 9.64. The summed E-state index contributed by atoms with van der Waals surface area (Å²) in [5.41, 5.74) is 3.96. The number of para-hydroxylation sites is 1. The van der Waals surface area contributed by atoms with Crippen LogP contribution in [0.4, 0.5) is 5.69 Å². The van der Waals surface area contributed by atoms with Gasteiger partial charge in [0.25, 0.3) is 0 Å². The third-order valence-corrected chi connectivity index (χ3v) is 3.63. The first-order chi connectivity index (χ1) is 10.3. The summed E-state index contributed by atoms with van der Waals surface area (Å²) in [6.45, 7) is 3.66. The molecule has 116 valence electrons. The minimum absolute atomic E-state index is 0.0627. The average molecular weight is 291 g/mol. The molecule has 0 spiro atoms. The molecular formula is C16H25N3O2. The molecule has 0 saturated carbocycles. The SMILES string of the molecule is COCCNC(=O)CCNCc1cccc2c1NCCC2. The number of amides is 1. The molecule has 0 aliphatic carbocycles. The third kappa shape index (κ3) is 5.02. The molecule has 1 amide bonds. The monoisotopic (exact) mass is 291 g/mol. The van der Waals surface area contributed by atoms with E-state index in [2.05, 4.69) is 34.1 Å². The van der Waals surface area contributed by atoms with Crippen molar-refractivity contribution in [1.29, 1.82) is 0 Å². The molecule has 1 aromatic carbocycles. The second-order valence-electron chi connectivity index (χ2n) is 5.25. The van der Waals surface area contributed by atoms with E-state index in [1.807, 2.05) is 0 Å². The molecule has 0 atom stereocenters. The predicted octanol–water partition coefficient (Wildman–Crippen LogP) is 1.29. The van der Waals surface area contributed by atoms with Crippen LogP contribution in [0.3, 0.4) is 0 Å². The van der Waals surface area contributed by atoms with Crippen LogP contribution in [0.1, 0.15) is 24.0 Å². The first-order valence-corrected chi connectivity index (χ1v) is 7.62. The number of methoxy groups -OCH3 is 1. The van der Waals surface area contributed by atoms with Gasteiger partial charge in [0.15, 0.2) is 0 Å². The van der Waals surface area contributed by atoms with Gasteiger partial charge in [-0.15, -0.1) is 0 Å². The Morgan fingerprint density at radius 2 is 2.29 bits per heavy atom. The van der Waals surface area contributed by atoms with Crippen LogP contribution in [0.5, 0.6) is 0 Å². The van der Waals surface area contributed by atoms with Crippen molar-refractivity contribution in [3.05, 3.63) is 29.3 Å². The van der Waals surface area contributed by atoms with E-state index < -0.39 is 0 Å². The van der Waals surface area contributed by atoms with Crippen molar-refractivity contribution < 1.29 is 9.53 Å². The summed E-state index contributed by atoms with van der Waals surface area (Å²) >= 11 is 0. The number of anilines is 1. The lowest BCUT2D eigenvalue weighted by atomic mass is 9.99. The molecule has 0 saturated heterocycles. The topological polar surface area (TPSA) is 62.4 Å². The molecule has 0 aromatic heterocycles. The third-order valence-electron chi connectivity index (χ3n) is 3.63. The second kappa shape index (κ2) is 8.64. The van der Waals surface area contributed by atoms with Crippen molar-refractivity contribution in [2.75, 3.05) is 38.7 Å². The van der Waals surface area contributed by atoms with Crippen LogP contribution < -0.4 is 16.0 Å². The second-order valence-corrected chi connectivity index (χ2v) is 5.25. The van der Waals surface area contributed by atoms with Gasteiger partial charge >= 0.3 is 0 Å². The van der Waals surface area contributed by atoms with Crippen molar-refractivity contribution in [1.82, 2.24) is 10.6 Å². The number of rotatable bonds is 8. The Hall–Kier alpha value is -1.59. The zero-order valence-corrected chi connectivity index (χ0v) is 12.7. The van der Waals surface area contributed by atoms with E-state index in [0.29, 0.717) is 26.1 Å². The Bertz CT molecular complexity index is 463. The highest BCUT2D eigenvalue weighted by molar-refractivity contribution is 5.76. The van der Waals surface area contributed by atoms with E-state index in [0.717, 1.165) is 19.5 Å². The van der Waals surface area contributed by atoms with Gasteiger partial charge in [-0.3, -0.25) is 4.79 Å². The van der Waals surface area contributed by atoms with E-state index in [4.69, 9.17) is 4.74 Å². The molecule has 0 radical (unpaired) electrons. The van der Waals surface area contributed by atoms with E-state index >= 15 is 0 Å². The summed E-state index contributed by atoms with van der Waals surface area (Å²) in [6.07, 6.45) is 2.84. The zero-order valence-electron chi connectivity index (χ0n) is 12.7. The highest BCUT2D eigenvalue weighted by Crippen LogP contribution is 2.25. The van der Waals surface area contributed by atoms with Gasteiger partial charge in [-0.2, -0.15) is 0 Å². The molecule has 1 aromatic rings. The number of carbonyl (C=O) groups excluding carboxylic acids is 1. The van der Waals surface area contributed by atoms with Crippen LogP contribution in [-0.2, 0) is 22.5 Å². The van der Waals surface area contributed by atoms with Gasteiger partial charge < -0.3 is 20.7 Å². The fraction of sp³-hybridized carbons (Fsp3) is 0.562. The Kier molecular flexibility index (Phi) is 6.50. The molecule has 5 nitrogen and oxygen atoms in total. The highest BCUT2D eigenvalue weighted by atomic mass is 16.5. The van der Waals surface area contributed by atoms with Gasteiger partial charge in [-0.25, -0.2) is 0 Å². The standard InChI is InChI=1S/C16H25N3O2/c1-21-11-10-18-15(20)7-9-17-12-14-5-2-4-13-6-3-8-19-16(13)14/h2,4-5,17,19H,3,6-12H2,1H3,(H,18,20). The minimum Gasteiger partial charge on any atom is -0.385 e. The molecular weight excluding hydrogens is 266 g/mol. The van der Waals surface area contributed by atoms with E-state index in [1.54, 1.807) is 7.11 Å². The summed E-state index contributed by atoms with van der Waals surface area (Å²) in [7, 11) is 1.63. The minimum atomic E-state index is 0.0627. The fourth-order valence-electron chi connectivity index (χ4n) is 2.53. The summed E-state index contributed by atoms with van der Waals surface area (Å²) in [5.74, 6) is 0.0627. The van der Waals surface area contributed by atoms with Crippen molar-refractivity contribution in [2.45, 2.75) is 25.8 Å². The van der Waals surface area contributed by atoms with Crippen molar-refractivity contribution >= 4 is 11.6 Å². The number of nitrogens with one attached hydrogen (secondary N) is 3. The molecule has 1 heterocycles. The molecule has 5 heteroatoms. The Balaban J connectivity index is 1.70. The van der Waals surface area contributed by atoms with Gasteiger partial charge in [0.1, 0.15) is 0 Å². The largest absolute Gasteiger partial charge is 0.385 e. The summed E-state index contributed by atoms with van der Waals surface area (Å²) < 4.78 is 4.89. The van der Waals surface area contributed by atoms with Crippen molar-refractivity contribution in [2.24, 2.45) is 0 Å². The molecule has 1 aliphatic heterocycles. The van der Waals surface area contributed by atoms with Crippen LogP contribution >= 0.6 is 0 Å². The van der Waals surface area contributed by atoms with E-state index in [-0.39, 0.29) is 5.91 Å². The fourth-order valence-corrected chi connectivity index (χ4v) is 2.53. The lowest BCUT2D eigenvalue weighted by molar-refractivity contribution is -0.121. The van der Waals surface area contributed by atoms with Crippen LogP contribution in [0, 0.1) is 0 Å². The van der Waals surface area contributed by atoms with Gasteiger partial charge in [0, 0.05) is 45.4 Å². The molecule has 21 heavy (non-hydrogen) atoms. The summed E-state index contributed by atoms with van der Waals surface area (Å²) in [4.78, 5) is 11.5. The van der Waals surface area contributed by atoms with Crippen LogP contribution in [-0.4, -0.2) is 39.3 Å². The van der Waals surface area contributed by atoms with Crippen molar-refractivity contribution in [3.63, 3.8) is 0 Å². The zero-order chi connectivity index (χ0) is 14.9. The normalized spacial score (nSPS) is 13.4. The number of benzene rings is 1. The van der Waals surface area contributed by atoms with Gasteiger partial charge in [0.2, 0.25) is 5.91 Å². The Morgan fingerprint density at radius 1 is 1.38 bits per heavy atom. The van der Waals surface area contributed by atoms with Gasteiger partial charge in [0.05, 0.1) is 6.61 Å². The molecule has 0 fully saturated rings. The first-order valence-electron chi connectivity index (χ1n) is 7.62. The molecule has 0 bridgehead atoms. The van der Waals surface area contributed by atoms with Gasteiger partial charge in [-0.05, 0) is 24.0 Å². The smallest absolute Gasteiger partial charge is 0.221 e. The van der Waals surface area contributed by atoms with Crippen molar-refractivity contribution in [3.8, 4) is 0 Å². The Morgan fingerprint density at radius 3 is 3.14 bits per heavy atom. The number of ether oxygens (including phenoxy) is 1. The van der Waals surface area contributed by atoms with E-state index in [1.165, 1.54) is 23.2 Å².